The number of carbonyl (C=O) groups is 2. The van der Waals surface area contributed by atoms with Gasteiger partial charge < -0.3 is 4.74 Å². The summed E-state index contributed by atoms with van der Waals surface area (Å²) in [6.07, 6.45) is 4.02. The zero-order valence-electron chi connectivity index (χ0n) is 17.4. The van der Waals surface area contributed by atoms with Crippen molar-refractivity contribution in [2.45, 2.75) is 33.1 Å². The summed E-state index contributed by atoms with van der Waals surface area (Å²) in [6, 6.07) is 15.4. The third kappa shape index (κ3) is 7.67. The van der Waals surface area contributed by atoms with Gasteiger partial charge in [-0.3, -0.25) is 25.8 Å². The number of benzene rings is 2. The van der Waals surface area contributed by atoms with Gasteiger partial charge in [0.15, 0.2) is 11.7 Å². The molecule has 2 aromatic carbocycles. The van der Waals surface area contributed by atoms with Gasteiger partial charge in [0.25, 0.3) is 5.91 Å². The zero-order chi connectivity index (χ0) is 21.9. The molecule has 0 heterocycles. The average molecular weight is 426 g/mol. The number of hydrazine groups is 1. The molecule has 0 radical (unpaired) electrons. The highest BCUT2D eigenvalue weighted by atomic mass is 32.1. The molecule has 0 spiro atoms. The number of aryl methyl sites for hydroxylation is 1. The molecule has 0 fully saturated rings. The zero-order valence-corrected chi connectivity index (χ0v) is 18.2. The molecule has 158 valence electrons. The van der Waals surface area contributed by atoms with Crippen LogP contribution in [0.2, 0.25) is 0 Å². The first kappa shape index (κ1) is 23.1. The van der Waals surface area contributed by atoms with Gasteiger partial charge in [0.2, 0.25) is 5.91 Å². The van der Waals surface area contributed by atoms with Crippen LogP contribution in [-0.4, -0.2) is 23.5 Å². The van der Waals surface area contributed by atoms with Crippen molar-refractivity contribution in [3.8, 4) is 5.75 Å². The van der Waals surface area contributed by atoms with Crippen LogP contribution in [0, 0.1) is 6.92 Å². The number of hydrogen-bond donors (Lipinski definition) is 3. The number of nitrogens with one attached hydrogen (secondary N) is 3. The standard InChI is InChI=1S/C23H27N3O3S/c1-4-17(3)19-7-5-6-8-20(19)29-15-22(28)25-26-23(30)24-21(27)14-13-18-11-9-16(2)10-12-18/h5-14,17H,4,15H2,1-3H3,(H,25,28)(H2,24,26,27,30)/b14-13+. The second kappa shape index (κ2) is 11.7. The van der Waals surface area contributed by atoms with E-state index in [0.29, 0.717) is 11.7 Å². The number of para-hydroxylation sites is 1. The molecule has 1 unspecified atom stereocenters. The maximum atomic E-state index is 12.0. The molecule has 0 aliphatic heterocycles. The molecular weight excluding hydrogens is 398 g/mol. The summed E-state index contributed by atoms with van der Waals surface area (Å²) in [4.78, 5) is 23.9. The van der Waals surface area contributed by atoms with Crippen LogP contribution >= 0.6 is 12.2 Å². The Morgan fingerprint density at radius 1 is 1.10 bits per heavy atom. The molecule has 0 saturated heterocycles. The van der Waals surface area contributed by atoms with Crippen LogP contribution in [0.4, 0.5) is 0 Å². The number of hydrogen-bond acceptors (Lipinski definition) is 4. The maximum Gasteiger partial charge on any atom is 0.276 e. The van der Waals surface area contributed by atoms with Crippen molar-refractivity contribution in [1.29, 1.82) is 0 Å². The van der Waals surface area contributed by atoms with Gasteiger partial charge in [0.1, 0.15) is 5.75 Å². The fourth-order valence-electron chi connectivity index (χ4n) is 2.58. The van der Waals surface area contributed by atoms with Crippen LogP contribution in [-0.2, 0) is 9.59 Å². The van der Waals surface area contributed by atoms with Crippen molar-refractivity contribution in [3.05, 3.63) is 71.3 Å². The normalized spacial score (nSPS) is 11.6. The van der Waals surface area contributed by atoms with Crippen LogP contribution < -0.4 is 20.9 Å². The first-order valence-corrected chi connectivity index (χ1v) is 10.2. The topological polar surface area (TPSA) is 79.5 Å². The Labute approximate surface area is 182 Å². The van der Waals surface area contributed by atoms with Gasteiger partial charge in [0.05, 0.1) is 0 Å². The smallest absolute Gasteiger partial charge is 0.276 e. The number of amides is 2. The second-order valence-electron chi connectivity index (χ2n) is 6.87. The first-order valence-electron chi connectivity index (χ1n) is 9.75. The largest absolute Gasteiger partial charge is 0.483 e. The van der Waals surface area contributed by atoms with Crippen LogP contribution in [0.1, 0.15) is 42.9 Å². The average Bonchev–Trinajstić information content (AvgIpc) is 2.75. The quantitative estimate of drug-likeness (QED) is 0.359. The molecule has 2 rings (SSSR count). The van der Waals surface area contributed by atoms with Crippen molar-refractivity contribution >= 4 is 35.2 Å². The predicted octanol–water partition coefficient (Wildman–Crippen LogP) is 3.62. The first-order chi connectivity index (χ1) is 14.4. The van der Waals surface area contributed by atoms with Gasteiger partial charge in [0, 0.05) is 6.08 Å². The summed E-state index contributed by atoms with van der Waals surface area (Å²) in [5.74, 6) is 0.194. The lowest BCUT2D eigenvalue weighted by Gasteiger charge is -2.16. The number of carbonyl (C=O) groups excluding carboxylic acids is 2. The highest BCUT2D eigenvalue weighted by Gasteiger charge is 2.11. The van der Waals surface area contributed by atoms with Crippen LogP contribution in [0.5, 0.6) is 5.75 Å². The van der Waals surface area contributed by atoms with E-state index in [-0.39, 0.29) is 11.7 Å². The van der Waals surface area contributed by atoms with E-state index in [9.17, 15) is 9.59 Å². The minimum absolute atomic E-state index is 0.0121. The van der Waals surface area contributed by atoms with Crippen LogP contribution in [0.3, 0.4) is 0 Å². The van der Waals surface area contributed by atoms with E-state index in [0.717, 1.165) is 23.1 Å². The summed E-state index contributed by atoms with van der Waals surface area (Å²) in [6.45, 7) is 6.03. The van der Waals surface area contributed by atoms with E-state index < -0.39 is 11.8 Å². The Morgan fingerprint density at radius 3 is 2.50 bits per heavy atom. The van der Waals surface area contributed by atoms with E-state index >= 15 is 0 Å². The number of thiocarbonyl (C=S) groups is 1. The van der Waals surface area contributed by atoms with E-state index in [1.807, 2.05) is 55.5 Å². The molecule has 0 aliphatic rings. The number of ether oxygens (including phenoxy) is 1. The molecule has 0 aromatic heterocycles. The summed E-state index contributed by atoms with van der Waals surface area (Å²) in [5, 5.41) is 2.45. The number of rotatable bonds is 7. The van der Waals surface area contributed by atoms with E-state index in [1.54, 1.807) is 6.08 Å². The lowest BCUT2D eigenvalue weighted by Crippen LogP contribution is -2.49. The van der Waals surface area contributed by atoms with Gasteiger partial charge in [-0.05, 0) is 54.7 Å². The van der Waals surface area contributed by atoms with Crippen LogP contribution in [0.25, 0.3) is 6.08 Å². The Hall–Kier alpha value is -3.19. The third-order valence-electron chi connectivity index (χ3n) is 4.48. The Kier molecular flexibility index (Phi) is 9.03. The van der Waals surface area contributed by atoms with Gasteiger partial charge in [-0.15, -0.1) is 0 Å². The van der Waals surface area contributed by atoms with E-state index in [1.165, 1.54) is 6.08 Å². The molecule has 7 heteroatoms. The molecule has 1 atom stereocenters. The van der Waals surface area contributed by atoms with Crippen molar-refractivity contribution in [1.82, 2.24) is 16.2 Å². The highest BCUT2D eigenvalue weighted by molar-refractivity contribution is 7.80. The predicted molar refractivity (Wildman–Crippen MR) is 123 cm³/mol. The maximum absolute atomic E-state index is 12.0. The van der Waals surface area contributed by atoms with E-state index in [4.69, 9.17) is 17.0 Å². The Morgan fingerprint density at radius 2 is 1.80 bits per heavy atom. The van der Waals surface area contributed by atoms with Gasteiger partial charge in [-0.2, -0.15) is 0 Å². The van der Waals surface area contributed by atoms with Crippen molar-refractivity contribution in [3.63, 3.8) is 0 Å². The minimum atomic E-state index is -0.416. The third-order valence-corrected chi connectivity index (χ3v) is 4.68. The molecule has 2 aromatic rings. The molecule has 3 N–H and O–H groups in total. The van der Waals surface area contributed by atoms with Gasteiger partial charge in [-0.1, -0.05) is 61.9 Å². The highest BCUT2D eigenvalue weighted by Crippen LogP contribution is 2.28. The molecule has 0 bridgehead atoms. The lowest BCUT2D eigenvalue weighted by molar-refractivity contribution is -0.123. The van der Waals surface area contributed by atoms with Gasteiger partial charge in [-0.25, -0.2) is 0 Å². The Bertz CT molecular complexity index is 910. The summed E-state index contributed by atoms with van der Waals surface area (Å²) >= 11 is 5.01. The fourth-order valence-corrected chi connectivity index (χ4v) is 2.73. The van der Waals surface area contributed by atoms with Crippen LogP contribution in [0.15, 0.2) is 54.6 Å². The lowest BCUT2D eigenvalue weighted by atomic mass is 9.98. The van der Waals surface area contributed by atoms with E-state index in [2.05, 4.69) is 30.0 Å². The second-order valence-corrected chi connectivity index (χ2v) is 7.28. The SMILES string of the molecule is CCC(C)c1ccccc1OCC(=O)NNC(=S)NC(=O)/C=C/c1ccc(C)cc1. The fraction of sp³-hybridized carbons (Fsp3) is 0.261. The monoisotopic (exact) mass is 425 g/mol. The Balaban J connectivity index is 1.75. The molecule has 6 nitrogen and oxygen atoms in total. The van der Waals surface area contributed by atoms with Crippen molar-refractivity contribution in [2.75, 3.05) is 6.61 Å². The molecule has 30 heavy (non-hydrogen) atoms. The summed E-state index contributed by atoms with van der Waals surface area (Å²) in [7, 11) is 0. The molecule has 2 amide bonds. The molecule has 0 saturated carbocycles. The summed E-state index contributed by atoms with van der Waals surface area (Å²) in [5.41, 5.74) is 8.00. The van der Waals surface area contributed by atoms with Crippen molar-refractivity contribution in [2.24, 2.45) is 0 Å². The van der Waals surface area contributed by atoms with Crippen molar-refractivity contribution < 1.29 is 14.3 Å². The molecular formula is C23H27N3O3S. The van der Waals surface area contributed by atoms with Gasteiger partial charge >= 0.3 is 0 Å². The minimum Gasteiger partial charge on any atom is -0.483 e. The summed E-state index contributed by atoms with van der Waals surface area (Å²) < 4.78 is 5.64. The molecule has 0 aliphatic carbocycles.